The van der Waals surface area contributed by atoms with Crippen LogP contribution < -0.4 is 4.90 Å². The van der Waals surface area contributed by atoms with E-state index in [1.54, 1.807) is 27.6 Å². The quantitative estimate of drug-likeness (QED) is 0.124. The molecule has 2 unspecified atom stereocenters. The minimum atomic E-state index is -0.885. The van der Waals surface area contributed by atoms with E-state index in [-0.39, 0.29) is 37.5 Å². The highest BCUT2D eigenvalue weighted by atomic mass is 32.2. The number of aliphatic hydroxyl groups is 1. The molecule has 8 heteroatoms. The Kier molecular flexibility index (Phi) is 9.62. The number of aliphatic hydroxyl groups excluding tert-OH is 1. The van der Waals surface area contributed by atoms with Crippen molar-refractivity contribution in [1.82, 2.24) is 4.90 Å². The summed E-state index contributed by atoms with van der Waals surface area (Å²) in [5, 5.41) is 12.9. The van der Waals surface area contributed by atoms with Gasteiger partial charge in [-0.25, -0.2) is 0 Å². The van der Waals surface area contributed by atoms with Gasteiger partial charge in [-0.2, -0.15) is 0 Å². The highest BCUT2D eigenvalue weighted by molar-refractivity contribution is 8.02. The molecule has 0 radical (unpaired) electrons. The number of hydrogen-bond acceptors (Lipinski definition) is 6. The van der Waals surface area contributed by atoms with Gasteiger partial charge in [-0.1, -0.05) is 72.8 Å². The number of nitrogens with zero attached hydrogens (tertiary/aromatic N) is 2. The summed E-state index contributed by atoms with van der Waals surface area (Å²) >= 11 is 1.62. The first-order chi connectivity index (χ1) is 22.8. The van der Waals surface area contributed by atoms with Crippen molar-refractivity contribution in [2.24, 2.45) is 11.8 Å². The van der Waals surface area contributed by atoms with E-state index in [4.69, 9.17) is 4.74 Å². The van der Waals surface area contributed by atoms with Crippen LogP contribution in [0.25, 0.3) is 10.8 Å². The van der Waals surface area contributed by atoms with E-state index in [1.807, 2.05) is 85.8 Å². The number of allylic oxidation sites excluding steroid dienone is 1. The average Bonchev–Trinajstić information content (AvgIpc) is 3.66. The average molecular weight is 653 g/mol. The standard InChI is InChI=1S/C39H44N2O5S/c1-4-6-7-13-23-46-37(45)33-32-35(43)41(31(26-42)24-27-14-9-8-10-15-27)34(39(32)21-20-38(33,3)47-39)36(44)40(22-5-2)30-19-18-28-16-11-12-17-29(28)25-30/h4-5,8-12,14-19,25,31-34,42H,1-2,6-7,13,20-24,26H2,3H3/t31-,32+,33+,34?,38-,39?/m1/s1. The van der Waals surface area contributed by atoms with Crippen LogP contribution >= 0.6 is 11.8 Å². The molecule has 1 N–H and O–H groups in total. The predicted molar refractivity (Wildman–Crippen MR) is 188 cm³/mol. The van der Waals surface area contributed by atoms with Crippen LogP contribution in [0.2, 0.25) is 0 Å². The van der Waals surface area contributed by atoms with E-state index in [0.29, 0.717) is 24.9 Å². The molecular weight excluding hydrogens is 609 g/mol. The van der Waals surface area contributed by atoms with Gasteiger partial charge in [-0.3, -0.25) is 14.4 Å². The number of ether oxygens (including phenoxy) is 1. The van der Waals surface area contributed by atoms with Gasteiger partial charge in [0.25, 0.3) is 5.91 Å². The van der Waals surface area contributed by atoms with Crippen LogP contribution in [0.15, 0.2) is 98.1 Å². The number of rotatable bonds is 14. The Morgan fingerprint density at radius 2 is 1.79 bits per heavy atom. The van der Waals surface area contributed by atoms with E-state index in [9.17, 15) is 14.7 Å². The number of thioether (sulfide) groups is 1. The van der Waals surface area contributed by atoms with Crippen LogP contribution in [0.4, 0.5) is 5.69 Å². The minimum Gasteiger partial charge on any atom is -0.465 e. The third-order valence-electron chi connectivity index (χ3n) is 10.3. The molecule has 1 spiro atoms. The number of carbonyl (C=O) groups excluding carboxylic acids is 3. The zero-order valence-corrected chi connectivity index (χ0v) is 27.9. The van der Waals surface area contributed by atoms with Crippen LogP contribution in [-0.2, 0) is 25.5 Å². The Bertz CT molecular complexity index is 1660. The molecule has 6 atom stereocenters. The van der Waals surface area contributed by atoms with E-state index in [2.05, 4.69) is 13.2 Å². The van der Waals surface area contributed by atoms with Crippen molar-refractivity contribution in [3.63, 3.8) is 0 Å². The lowest BCUT2D eigenvalue weighted by atomic mass is 9.66. The zero-order valence-electron chi connectivity index (χ0n) is 27.1. The third kappa shape index (κ3) is 5.91. The molecule has 0 saturated carbocycles. The second-order valence-electron chi connectivity index (χ2n) is 13.2. The van der Waals surface area contributed by atoms with Crippen LogP contribution in [0.1, 0.15) is 44.6 Å². The van der Waals surface area contributed by atoms with Crippen molar-refractivity contribution in [3.8, 4) is 0 Å². The number of anilines is 1. The maximum absolute atomic E-state index is 15.1. The Morgan fingerprint density at radius 1 is 1.04 bits per heavy atom. The highest BCUT2D eigenvalue weighted by Gasteiger charge is 2.78. The van der Waals surface area contributed by atoms with Crippen molar-refractivity contribution in [2.45, 2.75) is 67.0 Å². The van der Waals surface area contributed by atoms with E-state index < -0.39 is 33.4 Å². The molecule has 246 valence electrons. The first-order valence-corrected chi connectivity index (χ1v) is 17.5. The molecule has 0 aliphatic carbocycles. The number of amides is 2. The minimum absolute atomic E-state index is 0.224. The molecule has 6 rings (SSSR count). The molecular formula is C39H44N2O5S. The van der Waals surface area contributed by atoms with Gasteiger partial charge in [-0.05, 0) is 73.9 Å². The summed E-state index contributed by atoms with van der Waals surface area (Å²) in [6.45, 7) is 9.98. The molecule has 0 aromatic heterocycles. The number of unbranched alkanes of at least 4 members (excludes halogenated alkanes) is 2. The Hall–Kier alpha value is -3.88. The van der Waals surface area contributed by atoms with Crippen molar-refractivity contribution in [2.75, 3.05) is 24.7 Å². The van der Waals surface area contributed by atoms with E-state index >= 15 is 4.79 Å². The Labute approximate surface area is 281 Å². The first kappa shape index (κ1) is 33.0. The van der Waals surface area contributed by atoms with Gasteiger partial charge in [-0.15, -0.1) is 24.9 Å². The summed E-state index contributed by atoms with van der Waals surface area (Å²) in [5.74, 6) is -2.25. The summed E-state index contributed by atoms with van der Waals surface area (Å²) in [7, 11) is 0. The summed E-state index contributed by atoms with van der Waals surface area (Å²) < 4.78 is 4.46. The molecule has 3 aliphatic heterocycles. The highest BCUT2D eigenvalue weighted by Crippen LogP contribution is 2.72. The topological polar surface area (TPSA) is 87.1 Å². The van der Waals surface area contributed by atoms with Crippen molar-refractivity contribution < 1.29 is 24.2 Å². The van der Waals surface area contributed by atoms with Gasteiger partial charge in [0.15, 0.2) is 0 Å². The smallest absolute Gasteiger partial charge is 0.311 e. The van der Waals surface area contributed by atoms with Crippen molar-refractivity contribution in [1.29, 1.82) is 0 Å². The van der Waals surface area contributed by atoms with Crippen LogP contribution in [-0.4, -0.2) is 69.1 Å². The Morgan fingerprint density at radius 3 is 2.51 bits per heavy atom. The summed E-state index contributed by atoms with van der Waals surface area (Å²) in [6.07, 6.45) is 7.67. The summed E-state index contributed by atoms with van der Waals surface area (Å²) in [6, 6.07) is 22.1. The van der Waals surface area contributed by atoms with Gasteiger partial charge in [0.05, 0.1) is 35.8 Å². The monoisotopic (exact) mass is 652 g/mol. The number of carbonyl (C=O) groups is 3. The second kappa shape index (κ2) is 13.7. The van der Waals surface area contributed by atoms with Crippen LogP contribution in [0.5, 0.6) is 0 Å². The molecule has 3 heterocycles. The molecule has 3 aromatic carbocycles. The fourth-order valence-corrected chi connectivity index (χ4v) is 10.5. The Balaban J connectivity index is 1.41. The maximum atomic E-state index is 15.1. The normalized spacial score (nSPS) is 26.6. The van der Waals surface area contributed by atoms with Crippen molar-refractivity contribution in [3.05, 3.63) is 104 Å². The van der Waals surface area contributed by atoms with Gasteiger partial charge in [0.2, 0.25) is 5.91 Å². The summed E-state index contributed by atoms with van der Waals surface area (Å²) in [4.78, 5) is 47.2. The van der Waals surface area contributed by atoms with Crippen molar-refractivity contribution >= 4 is 46.0 Å². The molecule has 3 aromatic rings. The van der Waals surface area contributed by atoms with Crippen LogP contribution in [0.3, 0.4) is 0 Å². The molecule has 3 fully saturated rings. The van der Waals surface area contributed by atoms with Gasteiger partial charge < -0.3 is 19.6 Å². The van der Waals surface area contributed by atoms with E-state index in [1.165, 1.54) is 0 Å². The maximum Gasteiger partial charge on any atom is 0.311 e. The third-order valence-corrected chi connectivity index (χ3v) is 12.3. The summed E-state index contributed by atoms with van der Waals surface area (Å²) in [5.41, 5.74) is 1.67. The molecule has 7 nitrogen and oxygen atoms in total. The fraction of sp³-hybridized carbons (Fsp3) is 0.410. The molecule has 47 heavy (non-hydrogen) atoms. The molecule has 2 bridgehead atoms. The number of likely N-dealkylation sites (tertiary alicyclic amines) is 1. The number of benzene rings is 3. The number of esters is 1. The largest absolute Gasteiger partial charge is 0.465 e. The van der Waals surface area contributed by atoms with Gasteiger partial charge in [0, 0.05) is 17.0 Å². The lowest BCUT2D eigenvalue weighted by molar-refractivity contribution is -0.156. The van der Waals surface area contributed by atoms with Gasteiger partial charge >= 0.3 is 5.97 Å². The fourth-order valence-electron chi connectivity index (χ4n) is 8.13. The zero-order chi connectivity index (χ0) is 33.2. The lowest BCUT2D eigenvalue weighted by Gasteiger charge is -2.39. The number of fused-ring (bicyclic) bond motifs is 2. The van der Waals surface area contributed by atoms with E-state index in [0.717, 1.165) is 35.6 Å². The van der Waals surface area contributed by atoms with Gasteiger partial charge in [0.1, 0.15) is 6.04 Å². The second-order valence-corrected chi connectivity index (χ2v) is 15.1. The first-order valence-electron chi connectivity index (χ1n) is 16.6. The lowest BCUT2D eigenvalue weighted by Crippen LogP contribution is -2.58. The SMILES string of the molecule is C=CCCCCOC(=O)[C@@H]1[C@H]2C(=O)N([C@@H](CO)Cc3ccccc3)C(C(=O)N(CC=C)c3ccc4ccccc4c3)C23CC[C@@]1(C)S3. The molecule has 3 saturated heterocycles. The predicted octanol–water partition coefficient (Wildman–Crippen LogP) is 6.34. The molecule has 2 amide bonds. The molecule has 3 aliphatic rings. The van der Waals surface area contributed by atoms with Crippen LogP contribution in [0, 0.1) is 11.8 Å². The number of hydrogen-bond donors (Lipinski definition) is 1.